The van der Waals surface area contributed by atoms with Gasteiger partial charge in [-0.3, -0.25) is 18.9 Å². The molecule has 3 heterocycles. The fraction of sp³-hybridized carbons (Fsp3) is 0.545. The number of hydrogen-bond acceptors (Lipinski definition) is 11. The average Bonchev–Trinajstić information content (AvgIpc) is 3.11. The number of nitrogens with zero attached hydrogens (tertiary/aromatic N) is 3. The standard InChI is InChI=1S/C11H17N5O10P2S/c1-24-7-6(17)4(2-25-28(22,23)29-27(19,20)21)26-10(7)16-3-13-5-8(16)14-11(12)15-9(5)18/h3-4,6-7,10,17H,2H2,1H3,(H,22,23)(H2,19,20,21)(H3,12,14,15,18)/t4-,6-,7-,10-/m1/s1. The van der Waals surface area contributed by atoms with E-state index in [0.29, 0.717) is 0 Å². The van der Waals surface area contributed by atoms with Crippen molar-refractivity contribution < 1.29 is 42.9 Å². The number of ether oxygens (including phenoxy) is 2. The first-order valence-corrected chi connectivity index (χ1v) is 13.0. The normalized spacial score (nSPS) is 27.3. The Morgan fingerprint density at radius 2 is 2.10 bits per heavy atom. The van der Waals surface area contributed by atoms with E-state index in [4.69, 9.17) is 25.0 Å². The van der Waals surface area contributed by atoms with Crippen molar-refractivity contribution in [1.29, 1.82) is 0 Å². The number of rotatable bonds is 7. The molecule has 15 nitrogen and oxygen atoms in total. The van der Waals surface area contributed by atoms with Gasteiger partial charge in [0.1, 0.15) is 18.3 Å². The van der Waals surface area contributed by atoms with E-state index in [1.54, 1.807) is 0 Å². The average molecular weight is 473 g/mol. The predicted octanol–water partition coefficient (Wildman–Crippen LogP) is -1.08. The van der Waals surface area contributed by atoms with Crippen LogP contribution in [-0.2, 0) is 23.1 Å². The third-order valence-electron chi connectivity index (χ3n) is 3.92. The molecule has 0 spiro atoms. The van der Waals surface area contributed by atoms with Crippen LogP contribution in [0.15, 0.2) is 11.1 Å². The number of aromatic nitrogens is 4. The molecule has 1 aliphatic heterocycles. The summed E-state index contributed by atoms with van der Waals surface area (Å²) in [5.41, 5.74) is 4.97. The van der Waals surface area contributed by atoms with Gasteiger partial charge in [0.05, 0.1) is 23.9 Å². The van der Waals surface area contributed by atoms with Crippen LogP contribution < -0.4 is 11.3 Å². The van der Waals surface area contributed by atoms with Crippen molar-refractivity contribution in [2.75, 3.05) is 19.5 Å². The number of aliphatic hydroxyl groups excluding tert-OH is 1. The minimum absolute atomic E-state index is 0.0373. The smallest absolute Gasteiger partial charge is 0.387 e. The Bertz CT molecular complexity index is 1050. The Hall–Kier alpha value is -1.32. The molecule has 0 bridgehead atoms. The summed E-state index contributed by atoms with van der Waals surface area (Å²) in [6.07, 6.45) is -3.42. The molecule has 29 heavy (non-hydrogen) atoms. The summed E-state index contributed by atoms with van der Waals surface area (Å²) in [5, 5.41) is 10.4. The molecule has 7 N–H and O–H groups in total. The summed E-state index contributed by atoms with van der Waals surface area (Å²) >= 11 is -0.536. The van der Waals surface area contributed by atoms with Crippen LogP contribution in [0.3, 0.4) is 0 Å². The van der Waals surface area contributed by atoms with Gasteiger partial charge in [0, 0.05) is 7.11 Å². The van der Waals surface area contributed by atoms with E-state index in [-0.39, 0.29) is 17.1 Å². The number of nitrogens with two attached hydrogens (primary N) is 1. The van der Waals surface area contributed by atoms with Gasteiger partial charge in [0.2, 0.25) is 5.95 Å². The summed E-state index contributed by atoms with van der Waals surface area (Å²) in [7, 11) is 1.28. The molecule has 1 saturated heterocycles. The van der Waals surface area contributed by atoms with Gasteiger partial charge in [0.15, 0.2) is 17.4 Å². The lowest BCUT2D eigenvalue weighted by molar-refractivity contribution is -0.0562. The highest BCUT2D eigenvalue weighted by Gasteiger charge is 2.47. The van der Waals surface area contributed by atoms with E-state index in [9.17, 15) is 23.9 Å². The summed E-state index contributed by atoms with van der Waals surface area (Å²) in [6, 6.07) is 0. The lowest BCUT2D eigenvalue weighted by Crippen LogP contribution is -2.35. The third-order valence-corrected chi connectivity index (χ3v) is 10.2. The number of aromatic amines is 1. The second-order valence-corrected chi connectivity index (χ2v) is 13.0. The van der Waals surface area contributed by atoms with Gasteiger partial charge in [0.25, 0.3) is 5.56 Å². The Balaban J connectivity index is 1.83. The van der Waals surface area contributed by atoms with Crippen LogP contribution >= 0.6 is 24.6 Å². The summed E-state index contributed by atoms with van der Waals surface area (Å²) in [5.74, 6) is -0.174. The molecule has 0 radical (unpaired) electrons. The summed E-state index contributed by atoms with van der Waals surface area (Å²) in [4.78, 5) is 49.2. The lowest BCUT2D eigenvalue weighted by Gasteiger charge is -2.19. The monoisotopic (exact) mass is 473 g/mol. The van der Waals surface area contributed by atoms with Crippen molar-refractivity contribution in [3.05, 3.63) is 16.7 Å². The topological polar surface area (TPSA) is 232 Å². The molecule has 0 saturated carbocycles. The van der Waals surface area contributed by atoms with Gasteiger partial charge in [-0.25, -0.2) is 14.1 Å². The number of fused-ring (bicyclic) bond motifs is 1. The maximum Gasteiger partial charge on any atom is 0.397 e. The van der Waals surface area contributed by atoms with E-state index in [1.807, 2.05) is 0 Å². The molecular weight excluding hydrogens is 456 g/mol. The van der Waals surface area contributed by atoms with Crippen molar-refractivity contribution in [3.8, 4) is 0 Å². The predicted molar refractivity (Wildman–Crippen MR) is 98.7 cm³/mol. The number of aliphatic hydroxyl groups is 1. The number of methoxy groups -OCH3 is 1. The first-order chi connectivity index (χ1) is 13.4. The number of hydrogen-bond donors (Lipinski definition) is 6. The minimum Gasteiger partial charge on any atom is -0.387 e. The fourth-order valence-corrected chi connectivity index (χ4v) is 7.42. The number of nitrogens with one attached hydrogen (secondary N) is 1. The van der Waals surface area contributed by atoms with Crippen LogP contribution in [0.25, 0.3) is 11.2 Å². The maximum atomic E-state index is 11.9. The molecule has 2 aromatic rings. The lowest BCUT2D eigenvalue weighted by atomic mass is 10.1. The Kier molecular flexibility index (Phi) is 6.23. The quantitative estimate of drug-likeness (QED) is 0.263. The van der Waals surface area contributed by atoms with E-state index < -0.39 is 61.3 Å². The third kappa shape index (κ3) is 4.88. The van der Waals surface area contributed by atoms with Crippen LogP contribution in [0.1, 0.15) is 6.23 Å². The molecule has 0 aromatic carbocycles. The zero-order valence-corrected chi connectivity index (χ0v) is 17.2. The number of anilines is 1. The molecule has 5 atom stereocenters. The first kappa shape index (κ1) is 22.4. The van der Waals surface area contributed by atoms with Crippen LogP contribution in [-0.4, -0.2) is 71.3 Å². The van der Waals surface area contributed by atoms with Crippen molar-refractivity contribution >= 4 is 41.7 Å². The van der Waals surface area contributed by atoms with Crippen LogP contribution in [0.4, 0.5) is 5.95 Å². The molecule has 0 amide bonds. The molecule has 1 fully saturated rings. The second kappa shape index (κ2) is 8.07. The van der Waals surface area contributed by atoms with Crippen molar-refractivity contribution in [2.24, 2.45) is 0 Å². The van der Waals surface area contributed by atoms with E-state index in [0.717, 1.165) is 0 Å². The van der Waals surface area contributed by atoms with Crippen molar-refractivity contribution in [3.63, 3.8) is 0 Å². The fourth-order valence-electron chi connectivity index (χ4n) is 2.79. The number of imidazole rings is 1. The first-order valence-electron chi connectivity index (χ1n) is 7.75. The van der Waals surface area contributed by atoms with E-state index >= 15 is 0 Å². The highest BCUT2D eigenvalue weighted by Crippen LogP contribution is 2.72. The Morgan fingerprint density at radius 1 is 1.41 bits per heavy atom. The van der Waals surface area contributed by atoms with E-state index in [2.05, 4.69) is 19.5 Å². The zero-order chi connectivity index (χ0) is 21.6. The van der Waals surface area contributed by atoms with Crippen molar-refractivity contribution in [2.45, 2.75) is 24.5 Å². The molecular formula is C11H17N5O10P2S. The molecule has 162 valence electrons. The minimum atomic E-state index is -4.88. The van der Waals surface area contributed by atoms with Crippen LogP contribution in [0.2, 0.25) is 0 Å². The van der Waals surface area contributed by atoms with E-state index in [1.165, 1.54) is 18.0 Å². The largest absolute Gasteiger partial charge is 0.397 e. The maximum absolute atomic E-state index is 11.9. The Labute approximate surface area is 165 Å². The highest BCUT2D eigenvalue weighted by atomic mass is 33.1. The van der Waals surface area contributed by atoms with Crippen LogP contribution in [0, 0.1) is 0 Å². The molecule has 1 unspecified atom stereocenters. The molecule has 0 aliphatic carbocycles. The van der Waals surface area contributed by atoms with Gasteiger partial charge in [-0.2, -0.15) is 4.98 Å². The highest BCUT2D eigenvalue weighted by molar-refractivity contribution is 8.84. The number of nitrogen functional groups attached to an aromatic ring is 1. The van der Waals surface area contributed by atoms with Crippen molar-refractivity contribution in [1.82, 2.24) is 19.5 Å². The van der Waals surface area contributed by atoms with Gasteiger partial charge < -0.3 is 35.0 Å². The molecule has 3 rings (SSSR count). The second-order valence-electron chi connectivity index (χ2n) is 5.87. The van der Waals surface area contributed by atoms with Crippen LogP contribution in [0.5, 0.6) is 0 Å². The number of H-pyrrole nitrogens is 1. The van der Waals surface area contributed by atoms with Gasteiger partial charge in [-0.05, 0) is 0 Å². The summed E-state index contributed by atoms with van der Waals surface area (Å²) < 4.78 is 39.5. The molecule has 18 heteroatoms. The molecule has 1 aliphatic rings. The SMILES string of the molecule is CO[C@@H]1[C@H](O)[C@@H](COP(=O)(O)SP(=O)(O)O)O[C@H]1n1cnc2c(=O)[nH]c(N)nc21. The Morgan fingerprint density at radius 3 is 2.72 bits per heavy atom. The zero-order valence-electron chi connectivity index (χ0n) is 14.6. The van der Waals surface area contributed by atoms with Gasteiger partial charge >= 0.3 is 13.6 Å². The van der Waals surface area contributed by atoms with Gasteiger partial charge in [-0.1, -0.05) is 0 Å². The van der Waals surface area contributed by atoms with Gasteiger partial charge in [-0.15, -0.1) is 0 Å². The summed E-state index contributed by atoms with van der Waals surface area (Å²) in [6.45, 7) is -10.3. The molecule has 2 aromatic heterocycles.